The summed E-state index contributed by atoms with van der Waals surface area (Å²) in [7, 11) is -1.37. The molecule has 0 aromatic heterocycles. The number of ether oxygens (including phenoxy) is 2. The molecule has 0 radical (unpaired) electrons. The molecule has 236 valence electrons. The molecular formula is C33H40BrN3O6S. The van der Waals surface area contributed by atoms with E-state index in [0.717, 1.165) is 52.0 Å². The van der Waals surface area contributed by atoms with Crippen LogP contribution < -0.4 is 19.1 Å². The summed E-state index contributed by atoms with van der Waals surface area (Å²) < 4.78 is 40.9. The van der Waals surface area contributed by atoms with Crippen LogP contribution in [0.15, 0.2) is 76.1 Å². The van der Waals surface area contributed by atoms with Crippen LogP contribution in [0.3, 0.4) is 0 Å². The molecule has 0 bridgehead atoms. The fourth-order valence-electron chi connectivity index (χ4n) is 5.33. The number of nitrogens with one attached hydrogen (secondary N) is 1. The molecule has 9 nitrogen and oxygen atoms in total. The van der Waals surface area contributed by atoms with Gasteiger partial charge >= 0.3 is 0 Å². The number of hydrogen-bond donors (Lipinski definition) is 1. The van der Waals surface area contributed by atoms with E-state index in [-0.39, 0.29) is 29.1 Å². The summed E-state index contributed by atoms with van der Waals surface area (Å²) in [5.74, 6) is -0.152. The van der Waals surface area contributed by atoms with Crippen molar-refractivity contribution >= 4 is 43.5 Å². The van der Waals surface area contributed by atoms with Crippen molar-refractivity contribution in [2.75, 3.05) is 25.1 Å². The summed E-state index contributed by atoms with van der Waals surface area (Å²) in [5, 5.41) is 3.12. The number of halogens is 1. The maximum absolute atomic E-state index is 14.2. The Balaban J connectivity index is 1.70. The molecule has 1 aliphatic rings. The smallest absolute Gasteiger partial charge is 0.264 e. The van der Waals surface area contributed by atoms with Gasteiger partial charge in [-0.3, -0.25) is 13.9 Å². The number of aryl methyl sites for hydroxylation is 1. The average molecular weight is 687 g/mol. The van der Waals surface area contributed by atoms with E-state index in [1.165, 1.54) is 37.3 Å². The van der Waals surface area contributed by atoms with Crippen LogP contribution in [-0.4, -0.2) is 58.0 Å². The van der Waals surface area contributed by atoms with Crippen molar-refractivity contribution in [3.63, 3.8) is 0 Å². The number of carbonyl (C=O) groups is 2. The van der Waals surface area contributed by atoms with Crippen molar-refractivity contribution in [3.05, 3.63) is 82.3 Å². The van der Waals surface area contributed by atoms with Crippen molar-refractivity contribution in [2.24, 2.45) is 0 Å². The molecule has 0 spiro atoms. The monoisotopic (exact) mass is 685 g/mol. The van der Waals surface area contributed by atoms with Crippen LogP contribution in [0.2, 0.25) is 0 Å². The number of amides is 2. The van der Waals surface area contributed by atoms with Crippen molar-refractivity contribution in [1.29, 1.82) is 0 Å². The molecule has 4 rings (SSSR count). The van der Waals surface area contributed by atoms with Gasteiger partial charge in [-0.05, 0) is 68.7 Å². The van der Waals surface area contributed by atoms with Crippen LogP contribution in [0.5, 0.6) is 11.5 Å². The van der Waals surface area contributed by atoms with E-state index < -0.39 is 28.5 Å². The lowest BCUT2D eigenvalue weighted by Gasteiger charge is -2.33. The summed E-state index contributed by atoms with van der Waals surface area (Å²) in [6, 6.07) is 17.9. The van der Waals surface area contributed by atoms with E-state index in [0.29, 0.717) is 11.4 Å². The van der Waals surface area contributed by atoms with Gasteiger partial charge in [-0.25, -0.2) is 8.42 Å². The Kier molecular flexibility index (Phi) is 11.3. The van der Waals surface area contributed by atoms with E-state index in [1.54, 1.807) is 31.2 Å². The zero-order valence-electron chi connectivity index (χ0n) is 25.6. The van der Waals surface area contributed by atoms with Crippen molar-refractivity contribution in [2.45, 2.75) is 69.5 Å². The predicted octanol–water partition coefficient (Wildman–Crippen LogP) is 5.84. The second-order valence-electron chi connectivity index (χ2n) is 11.0. The third-order valence-corrected chi connectivity index (χ3v) is 10.2. The van der Waals surface area contributed by atoms with Gasteiger partial charge in [0, 0.05) is 23.1 Å². The number of nitrogens with zero attached hydrogens (tertiary/aromatic N) is 2. The van der Waals surface area contributed by atoms with Crippen LogP contribution in [0, 0.1) is 6.92 Å². The standard InChI is InChI=1S/C33H40BrN3O6S/c1-23-13-15-28(16-14-23)37(44(40,41)29-17-18-30(42-3)31(20-29)43-4)22-32(38)36(21-25-9-8-10-26(34)19-25)24(2)33(39)35-27-11-6-5-7-12-27/h8-10,13-20,24,27H,5-7,11-12,21-22H2,1-4H3,(H,35,39). The number of anilines is 1. The summed E-state index contributed by atoms with van der Waals surface area (Å²) in [5.41, 5.74) is 2.06. The van der Waals surface area contributed by atoms with Gasteiger partial charge in [0.1, 0.15) is 12.6 Å². The number of carbonyl (C=O) groups excluding carboxylic acids is 2. The number of hydrogen-bond acceptors (Lipinski definition) is 6. The summed E-state index contributed by atoms with van der Waals surface area (Å²) in [6.07, 6.45) is 5.07. The molecule has 1 aliphatic carbocycles. The molecule has 1 saturated carbocycles. The molecular weight excluding hydrogens is 646 g/mol. The second-order valence-corrected chi connectivity index (χ2v) is 13.8. The lowest BCUT2D eigenvalue weighted by atomic mass is 9.95. The predicted molar refractivity (Wildman–Crippen MR) is 174 cm³/mol. The van der Waals surface area contributed by atoms with Crippen LogP contribution in [0.1, 0.15) is 50.2 Å². The Morgan fingerprint density at radius 3 is 2.27 bits per heavy atom. The van der Waals surface area contributed by atoms with Gasteiger partial charge in [-0.15, -0.1) is 0 Å². The highest BCUT2D eigenvalue weighted by Crippen LogP contribution is 2.32. The lowest BCUT2D eigenvalue weighted by Crippen LogP contribution is -2.53. The van der Waals surface area contributed by atoms with Gasteiger partial charge in [-0.2, -0.15) is 0 Å². The quantitative estimate of drug-likeness (QED) is 0.257. The molecule has 44 heavy (non-hydrogen) atoms. The van der Waals surface area contributed by atoms with Gasteiger partial charge < -0.3 is 19.7 Å². The average Bonchev–Trinajstić information content (AvgIpc) is 3.02. The molecule has 1 N–H and O–H groups in total. The minimum atomic E-state index is -4.26. The van der Waals surface area contributed by atoms with E-state index >= 15 is 0 Å². The van der Waals surface area contributed by atoms with Crippen molar-refractivity contribution in [1.82, 2.24) is 10.2 Å². The summed E-state index contributed by atoms with van der Waals surface area (Å²) in [4.78, 5) is 29.1. The second kappa shape index (κ2) is 14.9. The SMILES string of the molecule is COc1ccc(S(=O)(=O)N(CC(=O)N(Cc2cccc(Br)c2)C(C)C(=O)NC2CCCCC2)c2ccc(C)cc2)cc1OC. The molecule has 3 aromatic carbocycles. The highest BCUT2D eigenvalue weighted by atomic mass is 79.9. The van der Waals surface area contributed by atoms with E-state index in [4.69, 9.17) is 9.47 Å². The molecule has 0 saturated heterocycles. The molecule has 0 aliphatic heterocycles. The molecule has 0 heterocycles. The Morgan fingerprint density at radius 2 is 1.64 bits per heavy atom. The lowest BCUT2D eigenvalue weighted by molar-refractivity contribution is -0.139. The molecule has 3 aromatic rings. The number of sulfonamides is 1. The van der Waals surface area contributed by atoms with Gasteiger partial charge in [-0.1, -0.05) is 65.0 Å². The Hall–Kier alpha value is -3.57. The fourth-order valence-corrected chi connectivity index (χ4v) is 7.20. The maximum Gasteiger partial charge on any atom is 0.264 e. The van der Waals surface area contributed by atoms with Crippen LogP contribution >= 0.6 is 15.9 Å². The first-order chi connectivity index (χ1) is 21.0. The van der Waals surface area contributed by atoms with Crippen LogP contribution in [0.4, 0.5) is 5.69 Å². The summed E-state index contributed by atoms with van der Waals surface area (Å²) >= 11 is 3.48. The van der Waals surface area contributed by atoms with Gasteiger partial charge in [0.2, 0.25) is 11.8 Å². The largest absolute Gasteiger partial charge is 0.493 e. The first kappa shape index (κ1) is 33.3. The molecule has 11 heteroatoms. The van der Waals surface area contributed by atoms with Crippen LogP contribution in [0.25, 0.3) is 0 Å². The topological polar surface area (TPSA) is 105 Å². The van der Waals surface area contributed by atoms with Gasteiger partial charge in [0.05, 0.1) is 24.8 Å². The van der Waals surface area contributed by atoms with Crippen molar-refractivity contribution < 1.29 is 27.5 Å². The van der Waals surface area contributed by atoms with E-state index in [1.807, 2.05) is 31.2 Å². The number of benzene rings is 3. The summed E-state index contributed by atoms with van der Waals surface area (Å²) in [6.45, 7) is 3.19. The Bertz CT molecular complexity index is 1560. The minimum Gasteiger partial charge on any atom is -0.493 e. The number of rotatable bonds is 12. The minimum absolute atomic E-state index is 0.0647. The molecule has 1 atom stereocenters. The number of methoxy groups -OCH3 is 2. The maximum atomic E-state index is 14.2. The third kappa shape index (κ3) is 8.12. The van der Waals surface area contributed by atoms with Crippen molar-refractivity contribution in [3.8, 4) is 11.5 Å². The molecule has 1 fully saturated rings. The molecule has 1 unspecified atom stereocenters. The fraction of sp³-hybridized carbons (Fsp3) is 0.394. The van der Waals surface area contributed by atoms with Gasteiger partial charge in [0.25, 0.3) is 10.0 Å². The molecule has 2 amide bonds. The normalized spacial score (nSPS) is 14.4. The zero-order chi connectivity index (χ0) is 31.9. The van der Waals surface area contributed by atoms with Gasteiger partial charge in [0.15, 0.2) is 11.5 Å². The first-order valence-corrected chi connectivity index (χ1v) is 16.9. The highest BCUT2D eigenvalue weighted by molar-refractivity contribution is 9.10. The van der Waals surface area contributed by atoms with Crippen LogP contribution in [-0.2, 0) is 26.2 Å². The van der Waals surface area contributed by atoms with E-state index in [2.05, 4.69) is 21.2 Å². The zero-order valence-corrected chi connectivity index (χ0v) is 28.0. The third-order valence-electron chi connectivity index (χ3n) is 7.90. The Labute approximate surface area is 268 Å². The first-order valence-electron chi connectivity index (χ1n) is 14.7. The highest BCUT2D eigenvalue weighted by Gasteiger charge is 2.33. The Morgan fingerprint density at radius 1 is 0.955 bits per heavy atom. The van der Waals surface area contributed by atoms with E-state index in [9.17, 15) is 18.0 Å².